The van der Waals surface area contributed by atoms with E-state index in [4.69, 9.17) is 21.1 Å². The Morgan fingerprint density at radius 2 is 1.90 bits per heavy atom. The van der Waals surface area contributed by atoms with Crippen molar-refractivity contribution < 1.29 is 14.3 Å². The molecule has 0 aliphatic carbocycles. The Morgan fingerprint density at radius 3 is 2.62 bits per heavy atom. The zero-order chi connectivity index (χ0) is 28.4. The summed E-state index contributed by atoms with van der Waals surface area (Å²) in [4.78, 5) is 32.2. The molecule has 4 aromatic rings. The van der Waals surface area contributed by atoms with E-state index in [2.05, 4.69) is 43.5 Å². The first-order valence-corrected chi connectivity index (χ1v) is 15.4. The fraction of sp³-hybridized carbons (Fsp3) is 0.167. The SMILES string of the molecule is CCOC(=O)C1=C(C)N=c2s/c(=C\c3cc(Br)cc(I)c3OCc3ccccc3)c(=O)n2[C@@H]1c1ccccc1Cl. The molecule has 2 heterocycles. The number of carbonyl (C=O) groups is 1. The molecule has 3 aromatic carbocycles. The molecular formula is C30H23BrClIN2O4S. The number of fused-ring (bicyclic) bond motifs is 1. The van der Waals surface area contributed by atoms with Crippen LogP contribution in [0.5, 0.6) is 5.75 Å². The number of hydrogen-bond donors (Lipinski definition) is 0. The van der Waals surface area contributed by atoms with Crippen LogP contribution in [0.3, 0.4) is 0 Å². The number of thiazole rings is 1. The van der Waals surface area contributed by atoms with Gasteiger partial charge in [0.05, 0.1) is 26.0 Å². The summed E-state index contributed by atoms with van der Waals surface area (Å²) in [5.74, 6) is 0.144. The van der Waals surface area contributed by atoms with Crippen LogP contribution in [-0.2, 0) is 16.1 Å². The zero-order valence-corrected chi connectivity index (χ0v) is 26.8. The third-order valence-electron chi connectivity index (χ3n) is 6.27. The van der Waals surface area contributed by atoms with Gasteiger partial charge < -0.3 is 9.47 Å². The predicted molar refractivity (Wildman–Crippen MR) is 169 cm³/mol. The van der Waals surface area contributed by atoms with Crippen molar-refractivity contribution in [3.05, 3.63) is 127 Å². The molecule has 1 atom stereocenters. The number of carbonyl (C=O) groups excluding carboxylic acids is 1. The number of aromatic nitrogens is 1. The minimum absolute atomic E-state index is 0.197. The largest absolute Gasteiger partial charge is 0.487 e. The number of allylic oxidation sites excluding steroid dienone is 1. The molecule has 1 aromatic heterocycles. The summed E-state index contributed by atoms with van der Waals surface area (Å²) < 4.78 is 15.4. The van der Waals surface area contributed by atoms with Crippen molar-refractivity contribution in [2.45, 2.75) is 26.5 Å². The lowest BCUT2D eigenvalue weighted by molar-refractivity contribution is -0.139. The smallest absolute Gasteiger partial charge is 0.338 e. The van der Waals surface area contributed by atoms with Gasteiger partial charge in [0.1, 0.15) is 18.4 Å². The first-order valence-electron chi connectivity index (χ1n) is 12.4. The Balaban J connectivity index is 1.67. The summed E-state index contributed by atoms with van der Waals surface area (Å²) in [7, 11) is 0. The third-order valence-corrected chi connectivity index (χ3v) is 8.85. The number of esters is 1. The van der Waals surface area contributed by atoms with Crippen molar-refractivity contribution in [2.24, 2.45) is 4.99 Å². The van der Waals surface area contributed by atoms with E-state index < -0.39 is 12.0 Å². The van der Waals surface area contributed by atoms with Crippen molar-refractivity contribution in [1.29, 1.82) is 0 Å². The van der Waals surface area contributed by atoms with E-state index >= 15 is 0 Å². The molecular weight excluding hydrogens is 727 g/mol. The fourth-order valence-electron chi connectivity index (χ4n) is 4.49. The summed E-state index contributed by atoms with van der Waals surface area (Å²) >= 11 is 13.7. The van der Waals surface area contributed by atoms with Crippen LogP contribution in [0.4, 0.5) is 0 Å². The molecule has 40 heavy (non-hydrogen) atoms. The average molecular weight is 750 g/mol. The summed E-state index contributed by atoms with van der Waals surface area (Å²) in [6.45, 7) is 4.07. The van der Waals surface area contributed by atoms with Gasteiger partial charge in [-0.3, -0.25) is 9.36 Å². The lowest BCUT2D eigenvalue weighted by atomic mass is 9.96. The van der Waals surface area contributed by atoms with Gasteiger partial charge >= 0.3 is 5.97 Å². The summed E-state index contributed by atoms with van der Waals surface area (Å²) in [6, 6.07) is 20.2. The molecule has 6 nitrogen and oxygen atoms in total. The highest BCUT2D eigenvalue weighted by Crippen LogP contribution is 2.35. The topological polar surface area (TPSA) is 69.9 Å². The maximum absolute atomic E-state index is 14.0. The molecule has 0 saturated carbocycles. The van der Waals surface area contributed by atoms with Crippen molar-refractivity contribution in [2.75, 3.05) is 6.61 Å². The van der Waals surface area contributed by atoms with E-state index in [1.807, 2.05) is 66.7 Å². The van der Waals surface area contributed by atoms with Crippen LogP contribution in [-0.4, -0.2) is 17.1 Å². The molecule has 0 amide bonds. The minimum Gasteiger partial charge on any atom is -0.487 e. The Bertz CT molecular complexity index is 1820. The van der Waals surface area contributed by atoms with E-state index in [1.165, 1.54) is 15.9 Å². The Labute approximate surface area is 261 Å². The Hall–Kier alpha value is -2.73. The van der Waals surface area contributed by atoms with Crippen LogP contribution < -0.4 is 19.6 Å². The second-order valence-corrected chi connectivity index (χ2v) is 12.4. The molecule has 0 fully saturated rings. The molecule has 1 aliphatic rings. The predicted octanol–water partition coefficient (Wildman–Crippen LogP) is 6.40. The highest BCUT2D eigenvalue weighted by atomic mass is 127. The van der Waals surface area contributed by atoms with E-state index in [-0.39, 0.29) is 17.7 Å². The number of halogens is 3. The minimum atomic E-state index is -0.775. The van der Waals surface area contributed by atoms with Crippen LogP contribution in [0.2, 0.25) is 5.02 Å². The number of nitrogens with zero attached hydrogens (tertiary/aromatic N) is 2. The van der Waals surface area contributed by atoms with Gasteiger partial charge in [0, 0.05) is 15.1 Å². The molecule has 1 aliphatic heterocycles. The monoisotopic (exact) mass is 748 g/mol. The number of hydrogen-bond acceptors (Lipinski definition) is 6. The lowest BCUT2D eigenvalue weighted by Crippen LogP contribution is -2.40. The fourth-order valence-corrected chi connectivity index (χ4v) is 7.48. The van der Waals surface area contributed by atoms with Crippen molar-refractivity contribution in [3.63, 3.8) is 0 Å². The van der Waals surface area contributed by atoms with Crippen LogP contribution in [0, 0.1) is 3.57 Å². The van der Waals surface area contributed by atoms with E-state index in [0.717, 1.165) is 19.2 Å². The number of benzene rings is 3. The van der Waals surface area contributed by atoms with Crippen molar-refractivity contribution >= 4 is 73.5 Å². The Morgan fingerprint density at radius 1 is 1.18 bits per heavy atom. The van der Waals surface area contributed by atoms with Gasteiger partial charge in [0.15, 0.2) is 4.80 Å². The van der Waals surface area contributed by atoms with E-state index in [0.29, 0.717) is 38.0 Å². The first kappa shape index (κ1) is 28.8. The van der Waals surface area contributed by atoms with Crippen LogP contribution in [0.15, 0.2) is 92.3 Å². The van der Waals surface area contributed by atoms with Crippen molar-refractivity contribution in [3.8, 4) is 5.75 Å². The van der Waals surface area contributed by atoms with Gasteiger partial charge in [0.25, 0.3) is 5.56 Å². The van der Waals surface area contributed by atoms with Gasteiger partial charge in [-0.2, -0.15) is 0 Å². The molecule has 0 spiro atoms. The van der Waals surface area contributed by atoms with Gasteiger partial charge in [-0.25, -0.2) is 9.79 Å². The van der Waals surface area contributed by atoms with E-state index in [1.54, 1.807) is 19.9 Å². The van der Waals surface area contributed by atoms with Gasteiger partial charge in [-0.15, -0.1) is 0 Å². The van der Waals surface area contributed by atoms with Crippen molar-refractivity contribution in [1.82, 2.24) is 4.57 Å². The molecule has 0 bridgehead atoms. The maximum atomic E-state index is 14.0. The summed E-state index contributed by atoms with van der Waals surface area (Å²) in [5, 5.41) is 0.441. The highest BCUT2D eigenvalue weighted by Gasteiger charge is 2.34. The number of ether oxygens (including phenoxy) is 2. The highest BCUT2D eigenvalue weighted by molar-refractivity contribution is 14.1. The van der Waals surface area contributed by atoms with Gasteiger partial charge in [-0.1, -0.05) is 87.4 Å². The quantitative estimate of drug-likeness (QED) is 0.162. The standard InChI is InChI=1S/C30H23BrClIN2O4S/c1-3-38-29(37)25-17(2)34-30-35(26(25)21-11-7-8-12-22(21)32)28(36)24(40-30)14-19-13-20(31)15-23(33)27(19)39-16-18-9-5-4-6-10-18/h4-15,26H,3,16H2,1-2H3/b24-14-/t26-/m1/s1. The maximum Gasteiger partial charge on any atom is 0.338 e. The third kappa shape index (κ3) is 5.83. The normalized spacial score (nSPS) is 15.0. The van der Waals surface area contributed by atoms with Gasteiger partial charge in [-0.05, 0) is 71.8 Å². The molecule has 0 unspecified atom stereocenters. The number of rotatable bonds is 7. The lowest BCUT2D eigenvalue weighted by Gasteiger charge is -2.25. The first-order chi connectivity index (χ1) is 19.3. The molecule has 0 radical (unpaired) electrons. The molecule has 204 valence electrons. The Kier molecular flexibility index (Phi) is 8.94. The van der Waals surface area contributed by atoms with Crippen LogP contribution >= 0.6 is 61.5 Å². The van der Waals surface area contributed by atoms with Gasteiger partial charge in [0.2, 0.25) is 0 Å². The second-order valence-electron chi connectivity index (χ2n) is 8.90. The average Bonchev–Trinajstić information content (AvgIpc) is 3.22. The summed E-state index contributed by atoms with van der Waals surface area (Å²) in [6.07, 6.45) is 1.81. The summed E-state index contributed by atoms with van der Waals surface area (Å²) in [5.41, 5.74) is 2.90. The second kappa shape index (κ2) is 12.4. The van der Waals surface area contributed by atoms with Crippen LogP contribution in [0.25, 0.3) is 6.08 Å². The molecule has 10 heteroatoms. The van der Waals surface area contributed by atoms with E-state index in [9.17, 15) is 9.59 Å². The molecule has 5 rings (SSSR count). The molecule has 0 saturated heterocycles. The zero-order valence-electron chi connectivity index (χ0n) is 21.5. The molecule has 0 N–H and O–H groups in total. The van der Waals surface area contributed by atoms with Crippen LogP contribution in [0.1, 0.15) is 36.6 Å².